The van der Waals surface area contributed by atoms with Gasteiger partial charge in [-0.2, -0.15) is 5.26 Å². The average Bonchev–Trinajstić information content (AvgIpc) is 2.48. The number of benzene rings is 1. The number of anilines is 1. The van der Waals surface area contributed by atoms with Crippen LogP contribution in [-0.4, -0.2) is 11.0 Å². The molecule has 102 valence electrons. The number of aryl methyl sites for hydroxylation is 1. The maximum atomic E-state index is 8.94. The van der Waals surface area contributed by atoms with Crippen molar-refractivity contribution in [2.75, 3.05) is 5.32 Å². The Kier molecular flexibility index (Phi) is 4.97. The van der Waals surface area contributed by atoms with Crippen molar-refractivity contribution in [3.63, 3.8) is 0 Å². The number of pyridine rings is 1. The summed E-state index contributed by atoms with van der Waals surface area (Å²) >= 11 is 6.12. The first-order chi connectivity index (χ1) is 9.70. The van der Waals surface area contributed by atoms with Gasteiger partial charge in [0.15, 0.2) is 0 Å². The van der Waals surface area contributed by atoms with Crippen molar-refractivity contribution in [3.8, 4) is 6.07 Å². The van der Waals surface area contributed by atoms with Crippen LogP contribution in [0.15, 0.2) is 42.6 Å². The molecule has 0 spiro atoms. The number of rotatable bonds is 5. The second-order valence-electron chi connectivity index (χ2n) is 4.70. The molecular formula is C16H16ClN3. The first-order valence-electron chi connectivity index (χ1n) is 6.55. The molecule has 3 nitrogen and oxygen atoms in total. The Hall–Kier alpha value is -2.05. The third-order valence-corrected chi connectivity index (χ3v) is 3.48. The van der Waals surface area contributed by atoms with E-state index in [1.54, 1.807) is 12.3 Å². The van der Waals surface area contributed by atoms with Gasteiger partial charge in [0.1, 0.15) is 16.9 Å². The lowest BCUT2D eigenvalue weighted by Gasteiger charge is -2.15. The van der Waals surface area contributed by atoms with Crippen LogP contribution in [0.4, 0.5) is 5.82 Å². The summed E-state index contributed by atoms with van der Waals surface area (Å²) in [6, 6.07) is 14.2. The highest BCUT2D eigenvalue weighted by atomic mass is 35.5. The van der Waals surface area contributed by atoms with Gasteiger partial charge in [0.2, 0.25) is 0 Å². The van der Waals surface area contributed by atoms with E-state index in [-0.39, 0.29) is 6.04 Å². The van der Waals surface area contributed by atoms with Crippen LogP contribution < -0.4 is 5.32 Å². The Balaban J connectivity index is 1.95. The van der Waals surface area contributed by atoms with Crippen molar-refractivity contribution >= 4 is 17.4 Å². The second-order valence-corrected chi connectivity index (χ2v) is 5.08. The molecule has 1 unspecified atom stereocenters. The first kappa shape index (κ1) is 14.4. The van der Waals surface area contributed by atoms with E-state index >= 15 is 0 Å². The van der Waals surface area contributed by atoms with Gasteiger partial charge in [-0.1, -0.05) is 41.9 Å². The summed E-state index contributed by atoms with van der Waals surface area (Å²) in [5, 5.41) is 12.6. The summed E-state index contributed by atoms with van der Waals surface area (Å²) in [5.74, 6) is 0.575. The highest BCUT2D eigenvalue weighted by Crippen LogP contribution is 2.23. The van der Waals surface area contributed by atoms with Gasteiger partial charge in [-0.05, 0) is 31.4 Å². The van der Waals surface area contributed by atoms with Gasteiger partial charge in [0.25, 0.3) is 0 Å². The molecule has 0 radical (unpaired) electrons. The van der Waals surface area contributed by atoms with Crippen molar-refractivity contribution in [2.24, 2.45) is 0 Å². The maximum absolute atomic E-state index is 8.94. The van der Waals surface area contributed by atoms with Crippen LogP contribution in [0.5, 0.6) is 0 Å². The van der Waals surface area contributed by atoms with Gasteiger partial charge in [-0.25, -0.2) is 4.98 Å². The van der Waals surface area contributed by atoms with E-state index in [0.29, 0.717) is 16.4 Å². The van der Waals surface area contributed by atoms with E-state index in [4.69, 9.17) is 16.9 Å². The van der Waals surface area contributed by atoms with E-state index in [1.807, 2.05) is 18.2 Å². The molecule has 2 rings (SSSR count). The Morgan fingerprint density at radius 2 is 2.05 bits per heavy atom. The first-order valence-corrected chi connectivity index (χ1v) is 6.93. The minimum Gasteiger partial charge on any atom is -0.366 e. The molecule has 1 atom stereocenters. The Labute approximate surface area is 124 Å². The van der Waals surface area contributed by atoms with E-state index < -0.39 is 0 Å². The minimum atomic E-state index is 0.231. The van der Waals surface area contributed by atoms with Crippen LogP contribution >= 0.6 is 11.6 Å². The quantitative estimate of drug-likeness (QED) is 0.902. The van der Waals surface area contributed by atoms with Crippen LogP contribution in [-0.2, 0) is 6.42 Å². The normalized spacial score (nSPS) is 11.7. The number of hydrogen-bond acceptors (Lipinski definition) is 3. The van der Waals surface area contributed by atoms with Crippen molar-refractivity contribution in [2.45, 2.75) is 25.8 Å². The van der Waals surface area contributed by atoms with Crippen LogP contribution in [0, 0.1) is 11.3 Å². The molecule has 0 aliphatic heterocycles. The molecule has 4 heteroatoms. The van der Waals surface area contributed by atoms with Crippen LogP contribution in [0.1, 0.15) is 24.5 Å². The molecular weight excluding hydrogens is 270 g/mol. The third kappa shape index (κ3) is 3.72. The topological polar surface area (TPSA) is 48.7 Å². The molecule has 20 heavy (non-hydrogen) atoms. The van der Waals surface area contributed by atoms with Gasteiger partial charge < -0.3 is 5.32 Å². The molecule has 0 fully saturated rings. The Bertz CT molecular complexity index is 605. The van der Waals surface area contributed by atoms with E-state index in [1.165, 1.54) is 5.56 Å². The minimum absolute atomic E-state index is 0.231. The largest absolute Gasteiger partial charge is 0.366 e. The summed E-state index contributed by atoms with van der Waals surface area (Å²) in [6.07, 6.45) is 3.56. The smallest absolute Gasteiger partial charge is 0.146 e. The highest BCUT2D eigenvalue weighted by Gasteiger charge is 2.10. The van der Waals surface area contributed by atoms with Gasteiger partial charge in [-0.15, -0.1) is 0 Å². The molecule has 2 aromatic rings. The van der Waals surface area contributed by atoms with Gasteiger partial charge in [0, 0.05) is 12.2 Å². The van der Waals surface area contributed by atoms with Gasteiger partial charge in [0.05, 0.1) is 5.56 Å². The Morgan fingerprint density at radius 1 is 1.30 bits per heavy atom. The molecule has 0 bridgehead atoms. The fourth-order valence-electron chi connectivity index (χ4n) is 1.96. The molecule has 0 saturated heterocycles. The highest BCUT2D eigenvalue weighted by molar-refractivity contribution is 6.34. The summed E-state index contributed by atoms with van der Waals surface area (Å²) in [6.45, 7) is 2.08. The van der Waals surface area contributed by atoms with Crippen LogP contribution in [0.25, 0.3) is 0 Å². The predicted octanol–water partition coefficient (Wildman–Crippen LogP) is 4.04. The summed E-state index contributed by atoms with van der Waals surface area (Å²) < 4.78 is 0. The number of hydrogen-bond donors (Lipinski definition) is 1. The number of aromatic nitrogens is 1. The fraction of sp³-hybridized carbons (Fsp3) is 0.250. The maximum Gasteiger partial charge on any atom is 0.146 e. The zero-order valence-electron chi connectivity index (χ0n) is 11.3. The monoisotopic (exact) mass is 285 g/mol. The molecule has 1 aromatic heterocycles. The molecule has 0 saturated carbocycles. The summed E-state index contributed by atoms with van der Waals surface area (Å²) in [5.41, 5.74) is 1.76. The number of nitrogens with one attached hydrogen (secondary N) is 1. The molecule has 1 heterocycles. The van der Waals surface area contributed by atoms with Crippen molar-refractivity contribution in [3.05, 3.63) is 58.7 Å². The number of nitriles is 1. The molecule has 1 aromatic carbocycles. The third-order valence-electron chi connectivity index (χ3n) is 3.10. The van der Waals surface area contributed by atoms with E-state index in [2.05, 4.69) is 35.4 Å². The van der Waals surface area contributed by atoms with E-state index in [0.717, 1.165) is 12.8 Å². The lowest BCUT2D eigenvalue weighted by molar-refractivity contribution is 0.703. The summed E-state index contributed by atoms with van der Waals surface area (Å²) in [4.78, 5) is 4.19. The van der Waals surface area contributed by atoms with Crippen molar-refractivity contribution in [1.29, 1.82) is 5.26 Å². The molecule has 0 amide bonds. The second kappa shape index (κ2) is 6.93. The number of nitrogens with zero attached hydrogens (tertiary/aromatic N) is 2. The van der Waals surface area contributed by atoms with E-state index in [9.17, 15) is 0 Å². The zero-order valence-corrected chi connectivity index (χ0v) is 12.1. The Morgan fingerprint density at radius 3 is 2.75 bits per heavy atom. The lowest BCUT2D eigenvalue weighted by atomic mass is 10.1. The molecule has 0 aliphatic carbocycles. The van der Waals surface area contributed by atoms with Gasteiger partial charge in [-0.3, -0.25) is 0 Å². The predicted molar refractivity (Wildman–Crippen MR) is 81.8 cm³/mol. The fourth-order valence-corrected chi connectivity index (χ4v) is 2.17. The average molecular weight is 286 g/mol. The molecule has 1 N–H and O–H groups in total. The number of halogens is 1. The molecule has 0 aliphatic rings. The van der Waals surface area contributed by atoms with Crippen LogP contribution in [0.2, 0.25) is 5.02 Å². The zero-order chi connectivity index (χ0) is 14.4. The lowest BCUT2D eigenvalue weighted by Crippen LogP contribution is -2.17. The van der Waals surface area contributed by atoms with Crippen molar-refractivity contribution in [1.82, 2.24) is 4.98 Å². The van der Waals surface area contributed by atoms with Crippen molar-refractivity contribution < 1.29 is 0 Å². The standard InChI is InChI=1S/C16H16ClN3/c1-12(7-8-13-5-3-2-4-6-13)20-16-15(17)14(11-18)9-10-19-16/h2-6,9-10,12H,7-8H2,1H3,(H,19,20). The summed E-state index contributed by atoms with van der Waals surface area (Å²) in [7, 11) is 0. The van der Waals surface area contributed by atoms with Gasteiger partial charge >= 0.3 is 0 Å². The SMILES string of the molecule is CC(CCc1ccccc1)Nc1nccc(C#N)c1Cl. The van der Waals surface area contributed by atoms with Crippen LogP contribution in [0.3, 0.4) is 0 Å².